The molecule has 1 N–H and O–H groups in total. The molecule has 0 radical (unpaired) electrons. The molecule has 1 amide bonds. The van der Waals surface area contributed by atoms with Gasteiger partial charge in [-0.25, -0.2) is 8.42 Å². The van der Waals surface area contributed by atoms with Gasteiger partial charge in [0.05, 0.1) is 16.7 Å². The van der Waals surface area contributed by atoms with Gasteiger partial charge in [0.1, 0.15) is 0 Å². The van der Waals surface area contributed by atoms with E-state index in [1.165, 1.54) is 5.56 Å². The third-order valence-electron chi connectivity index (χ3n) is 4.65. The first kappa shape index (κ1) is 21.6. The highest BCUT2D eigenvalue weighted by atomic mass is 32.2. The lowest BCUT2D eigenvalue weighted by Gasteiger charge is -2.29. The molecule has 1 atom stereocenters. The molecule has 1 unspecified atom stereocenters. The van der Waals surface area contributed by atoms with Crippen molar-refractivity contribution in [3.05, 3.63) is 52.2 Å². The molecule has 1 aromatic carbocycles. The van der Waals surface area contributed by atoms with Crippen LogP contribution in [-0.4, -0.2) is 44.6 Å². The van der Waals surface area contributed by atoms with E-state index in [9.17, 15) is 13.2 Å². The van der Waals surface area contributed by atoms with Gasteiger partial charge in [-0.3, -0.25) is 9.69 Å². The molecule has 27 heavy (non-hydrogen) atoms. The van der Waals surface area contributed by atoms with Crippen molar-refractivity contribution in [2.75, 3.05) is 25.4 Å². The third-order valence-corrected chi connectivity index (χ3v) is 7.09. The quantitative estimate of drug-likeness (QED) is 0.654. The fourth-order valence-corrected chi connectivity index (χ4v) is 4.92. The van der Waals surface area contributed by atoms with E-state index < -0.39 is 9.84 Å². The van der Waals surface area contributed by atoms with E-state index in [-0.39, 0.29) is 29.0 Å². The van der Waals surface area contributed by atoms with Crippen LogP contribution in [0.15, 0.2) is 46.0 Å². The summed E-state index contributed by atoms with van der Waals surface area (Å²) in [5.41, 5.74) is 2.18. The zero-order valence-electron chi connectivity index (χ0n) is 16.1. The lowest BCUT2D eigenvalue weighted by Crippen LogP contribution is -2.38. The van der Waals surface area contributed by atoms with Crippen LogP contribution in [0, 0.1) is 6.92 Å². The van der Waals surface area contributed by atoms with Gasteiger partial charge in [-0.05, 0) is 54.5 Å². The number of hydrogen-bond acceptors (Lipinski definition) is 5. The summed E-state index contributed by atoms with van der Waals surface area (Å²) in [5.74, 6) is -0.422. The lowest BCUT2D eigenvalue weighted by atomic mass is 10.1. The average Bonchev–Trinajstić information content (AvgIpc) is 3.18. The van der Waals surface area contributed by atoms with Crippen LogP contribution in [0.5, 0.6) is 0 Å². The van der Waals surface area contributed by atoms with Crippen LogP contribution in [0.25, 0.3) is 0 Å². The van der Waals surface area contributed by atoms with Crippen LogP contribution < -0.4 is 5.32 Å². The van der Waals surface area contributed by atoms with Gasteiger partial charge in [0.15, 0.2) is 9.84 Å². The first-order valence-electron chi connectivity index (χ1n) is 9.19. The minimum atomic E-state index is -3.45. The largest absolute Gasteiger partial charge is 0.354 e. The second-order valence-electron chi connectivity index (χ2n) is 6.48. The number of carbonyl (C=O) groups excluding carboxylic acids is 1. The van der Waals surface area contributed by atoms with Crippen LogP contribution in [0.1, 0.15) is 37.4 Å². The highest BCUT2D eigenvalue weighted by molar-refractivity contribution is 7.91. The Labute approximate surface area is 166 Å². The number of nitrogens with zero attached hydrogens (tertiary/aromatic N) is 1. The van der Waals surface area contributed by atoms with Gasteiger partial charge in [-0.2, -0.15) is 11.3 Å². The fraction of sp³-hybridized carbons (Fsp3) is 0.450. The summed E-state index contributed by atoms with van der Waals surface area (Å²) in [6, 6.07) is 8.89. The Balaban J connectivity index is 1.93. The molecule has 1 aromatic heterocycles. The molecule has 0 aliphatic rings. The number of hydrogen-bond donors (Lipinski definition) is 1. The van der Waals surface area contributed by atoms with Gasteiger partial charge in [-0.1, -0.05) is 31.5 Å². The first-order valence-corrected chi connectivity index (χ1v) is 11.8. The molecular weight excluding hydrogens is 380 g/mol. The first-order chi connectivity index (χ1) is 12.9. The van der Waals surface area contributed by atoms with E-state index in [1.54, 1.807) is 35.6 Å². The molecule has 1 heterocycles. The molecule has 0 saturated carbocycles. The SMILES string of the molecule is CCN(CC)C(CNC(=O)CCS(=O)(=O)c1ccc(C)cc1)c1ccsc1. The minimum absolute atomic E-state index is 0.0369. The van der Waals surface area contributed by atoms with Crippen molar-refractivity contribution < 1.29 is 13.2 Å². The Morgan fingerprint density at radius 2 is 1.81 bits per heavy atom. The van der Waals surface area contributed by atoms with Crippen LogP contribution in [0.4, 0.5) is 0 Å². The molecule has 5 nitrogen and oxygen atoms in total. The Bertz CT molecular complexity index is 811. The zero-order chi connectivity index (χ0) is 19.9. The van der Waals surface area contributed by atoms with Crippen LogP contribution in [0.2, 0.25) is 0 Å². The summed E-state index contributed by atoms with van der Waals surface area (Å²) in [4.78, 5) is 14.8. The van der Waals surface area contributed by atoms with E-state index in [2.05, 4.69) is 35.5 Å². The molecule has 0 aliphatic carbocycles. The summed E-state index contributed by atoms with van der Waals surface area (Å²) in [6.07, 6.45) is -0.0369. The number of rotatable bonds is 10. The van der Waals surface area contributed by atoms with E-state index in [0.29, 0.717) is 6.54 Å². The Morgan fingerprint density at radius 3 is 2.37 bits per heavy atom. The zero-order valence-corrected chi connectivity index (χ0v) is 17.8. The van der Waals surface area contributed by atoms with E-state index in [0.717, 1.165) is 18.7 Å². The number of sulfone groups is 1. The number of likely N-dealkylation sites (N-methyl/N-ethyl adjacent to an activating group) is 1. The normalized spacial score (nSPS) is 12.9. The maximum atomic E-state index is 12.4. The van der Waals surface area contributed by atoms with E-state index in [1.807, 2.05) is 12.3 Å². The van der Waals surface area contributed by atoms with Gasteiger partial charge >= 0.3 is 0 Å². The number of amides is 1. The van der Waals surface area contributed by atoms with Crippen molar-refractivity contribution >= 4 is 27.1 Å². The van der Waals surface area contributed by atoms with E-state index in [4.69, 9.17) is 0 Å². The number of benzene rings is 1. The third kappa shape index (κ3) is 6.16. The Kier molecular flexibility index (Phi) is 8.01. The van der Waals surface area contributed by atoms with Gasteiger partial charge in [0, 0.05) is 13.0 Å². The second-order valence-corrected chi connectivity index (χ2v) is 9.37. The van der Waals surface area contributed by atoms with E-state index >= 15 is 0 Å². The van der Waals surface area contributed by atoms with Crippen molar-refractivity contribution in [1.29, 1.82) is 0 Å². The molecule has 0 fully saturated rings. The van der Waals surface area contributed by atoms with Crippen LogP contribution >= 0.6 is 11.3 Å². The molecule has 0 aliphatic heterocycles. The fourth-order valence-electron chi connectivity index (χ4n) is 2.98. The summed E-state index contributed by atoms with van der Waals surface area (Å²) in [5, 5.41) is 7.04. The molecule has 148 valence electrons. The standard InChI is InChI=1S/C20H28N2O3S2/c1-4-22(5-2)19(17-10-12-26-15-17)14-21-20(23)11-13-27(24,25)18-8-6-16(3)7-9-18/h6-10,12,15,19H,4-5,11,13-14H2,1-3H3,(H,21,23). The monoisotopic (exact) mass is 408 g/mol. The van der Waals surface area contributed by atoms with Crippen molar-refractivity contribution in [2.24, 2.45) is 0 Å². The average molecular weight is 409 g/mol. The summed E-state index contributed by atoms with van der Waals surface area (Å²) in [7, 11) is -3.45. The smallest absolute Gasteiger partial charge is 0.221 e. The molecule has 0 bridgehead atoms. The maximum absolute atomic E-state index is 12.4. The lowest BCUT2D eigenvalue weighted by molar-refractivity contribution is -0.121. The Hall–Kier alpha value is -1.70. The minimum Gasteiger partial charge on any atom is -0.354 e. The highest BCUT2D eigenvalue weighted by Crippen LogP contribution is 2.22. The summed E-state index contributed by atoms with van der Waals surface area (Å²) >= 11 is 1.63. The number of aryl methyl sites for hydroxylation is 1. The molecule has 2 rings (SSSR count). The summed E-state index contributed by atoms with van der Waals surface area (Å²) in [6.45, 7) is 8.34. The predicted octanol–water partition coefficient (Wildman–Crippen LogP) is 3.42. The van der Waals surface area contributed by atoms with Crippen molar-refractivity contribution in [3.63, 3.8) is 0 Å². The number of nitrogens with one attached hydrogen (secondary N) is 1. The van der Waals surface area contributed by atoms with Gasteiger partial charge < -0.3 is 5.32 Å². The van der Waals surface area contributed by atoms with Crippen LogP contribution in [0.3, 0.4) is 0 Å². The molecule has 0 saturated heterocycles. The highest BCUT2D eigenvalue weighted by Gasteiger charge is 2.20. The molecular formula is C20H28N2O3S2. The summed E-state index contributed by atoms with van der Waals surface area (Å²) < 4.78 is 24.8. The second kappa shape index (κ2) is 10.0. The van der Waals surface area contributed by atoms with Gasteiger partial charge in [-0.15, -0.1) is 0 Å². The van der Waals surface area contributed by atoms with Crippen molar-refractivity contribution in [2.45, 2.75) is 38.1 Å². The van der Waals surface area contributed by atoms with Crippen LogP contribution in [-0.2, 0) is 14.6 Å². The van der Waals surface area contributed by atoms with Crippen molar-refractivity contribution in [3.8, 4) is 0 Å². The number of carbonyl (C=O) groups is 1. The topological polar surface area (TPSA) is 66.5 Å². The van der Waals surface area contributed by atoms with Gasteiger partial charge in [0.2, 0.25) is 5.91 Å². The molecule has 7 heteroatoms. The maximum Gasteiger partial charge on any atom is 0.221 e. The Morgan fingerprint density at radius 1 is 1.15 bits per heavy atom. The molecule has 0 spiro atoms. The molecule has 2 aromatic rings. The van der Waals surface area contributed by atoms with Gasteiger partial charge in [0.25, 0.3) is 0 Å². The predicted molar refractivity (Wildman–Crippen MR) is 111 cm³/mol. The number of thiophene rings is 1. The van der Waals surface area contributed by atoms with Crippen molar-refractivity contribution in [1.82, 2.24) is 10.2 Å².